The van der Waals surface area contributed by atoms with Gasteiger partial charge >= 0.3 is 0 Å². The molecule has 0 radical (unpaired) electrons. The van der Waals surface area contributed by atoms with Crippen LogP contribution in [0.15, 0.2) is 4.52 Å². The minimum atomic E-state index is 0.114. The van der Waals surface area contributed by atoms with Gasteiger partial charge in [-0.2, -0.15) is 4.98 Å². The zero-order chi connectivity index (χ0) is 12.0. The Balaban J connectivity index is 2.39. The van der Waals surface area contributed by atoms with Gasteiger partial charge in [-0.3, -0.25) is 0 Å². The third-order valence-electron chi connectivity index (χ3n) is 2.65. The van der Waals surface area contributed by atoms with Gasteiger partial charge in [-0.15, -0.1) is 0 Å². The van der Waals surface area contributed by atoms with Gasteiger partial charge in [0.1, 0.15) is 0 Å². The quantitative estimate of drug-likeness (QED) is 0.760. The molecule has 0 amide bonds. The Kier molecular flexibility index (Phi) is 5.42. The van der Waals surface area contributed by atoms with Crippen LogP contribution in [0.25, 0.3) is 0 Å². The zero-order valence-electron chi connectivity index (χ0n) is 10.3. The van der Waals surface area contributed by atoms with Crippen molar-refractivity contribution in [1.82, 2.24) is 10.1 Å². The van der Waals surface area contributed by atoms with Crippen LogP contribution in [0.2, 0.25) is 0 Å². The Hall–Kier alpha value is -0.940. The van der Waals surface area contributed by atoms with E-state index in [1.807, 2.05) is 13.8 Å². The molecule has 5 nitrogen and oxygen atoms in total. The van der Waals surface area contributed by atoms with Crippen molar-refractivity contribution >= 4 is 0 Å². The number of hydrogen-bond donors (Lipinski definition) is 1. The Morgan fingerprint density at radius 2 is 2.25 bits per heavy atom. The van der Waals surface area contributed by atoms with Gasteiger partial charge in [0.2, 0.25) is 5.89 Å². The highest BCUT2D eigenvalue weighted by Gasteiger charge is 2.10. The number of aromatic nitrogens is 2. The van der Waals surface area contributed by atoms with Gasteiger partial charge in [0.15, 0.2) is 5.82 Å². The summed E-state index contributed by atoms with van der Waals surface area (Å²) in [7, 11) is 1.70. The number of aryl methyl sites for hydroxylation is 1. The molecule has 0 aliphatic heterocycles. The summed E-state index contributed by atoms with van der Waals surface area (Å²) in [5.74, 6) is 1.37. The summed E-state index contributed by atoms with van der Waals surface area (Å²) in [5.41, 5.74) is 5.82. The average molecular weight is 227 g/mol. The molecule has 0 fully saturated rings. The molecule has 1 aromatic rings. The van der Waals surface area contributed by atoms with E-state index in [1.165, 1.54) is 0 Å². The van der Waals surface area contributed by atoms with Gasteiger partial charge < -0.3 is 15.0 Å². The lowest BCUT2D eigenvalue weighted by Gasteiger charge is -2.05. The van der Waals surface area contributed by atoms with Crippen molar-refractivity contribution < 1.29 is 9.26 Å². The molecule has 2 unspecified atom stereocenters. The minimum Gasteiger partial charge on any atom is -0.382 e. The molecule has 16 heavy (non-hydrogen) atoms. The SMILES string of the molecule is CCC(N)Cc1noc(CCC(C)OC)n1. The maximum atomic E-state index is 5.82. The Labute approximate surface area is 96.4 Å². The first-order valence-electron chi connectivity index (χ1n) is 5.75. The highest BCUT2D eigenvalue weighted by Crippen LogP contribution is 2.06. The molecule has 0 spiro atoms. The first-order valence-corrected chi connectivity index (χ1v) is 5.75. The smallest absolute Gasteiger partial charge is 0.226 e. The lowest BCUT2D eigenvalue weighted by Crippen LogP contribution is -2.22. The third kappa shape index (κ3) is 4.28. The van der Waals surface area contributed by atoms with E-state index >= 15 is 0 Å². The Morgan fingerprint density at radius 1 is 1.50 bits per heavy atom. The zero-order valence-corrected chi connectivity index (χ0v) is 10.3. The number of nitrogens with two attached hydrogens (primary N) is 1. The molecular weight excluding hydrogens is 206 g/mol. The summed E-state index contributed by atoms with van der Waals surface area (Å²) in [5, 5.41) is 3.90. The summed E-state index contributed by atoms with van der Waals surface area (Å²) in [6, 6.07) is 0.114. The van der Waals surface area contributed by atoms with Crippen LogP contribution in [0.4, 0.5) is 0 Å². The van der Waals surface area contributed by atoms with Crippen LogP contribution < -0.4 is 5.73 Å². The number of hydrogen-bond acceptors (Lipinski definition) is 5. The number of ether oxygens (including phenoxy) is 1. The Bertz CT molecular complexity index is 301. The summed E-state index contributed by atoms with van der Waals surface area (Å²) in [4.78, 5) is 4.29. The minimum absolute atomic E-state index is 0.114. The van der Waals surface area contributed by atoms with Crippen LogP contribution in [0.3, 0.4) is 0 Å². The molecule has 1 aromatic heterocycles. The number of nitrogens with zero attached hydrogens (tertiary/aromatic N) is 2. The molecule has 2 N–H and O–H groups in total. The predicted octanol–water partition coefficient (Wildman–Crippen LogP) is 1.32. The summed E-state index contributed by atoms with van der Waals surface area (Å²) in [6.07, 6.45) is 3.46. The summed E-state index contributed by atoms with van der Waals surface area (Å²) in [6.45, 7) is 4.07. The molecule has 2 atom stereocenters. The fourth-order valence-electron chi connectivity index (χ4n) is 1.30. The first kappa shape index (κ1) is 13.1. The molecule has 0 aromatic carbocycles. The first-order chi connectivity index (χ1) is 7.65. The van der Waals surface area contributed by atoms with E-state index in [2.05, 4.69) is 10.1 Å². The molecule has 0 saturated heterocycles. The molecule has 5 heteroatoms. The predicted molar refractivity (Wildman–Crippen MR) is 61.1 cm³/mol. The molecule has 92 valence electrons. The van der Waals surface area contributed by atoms with E-state index in [1.54, 1.807) is 7.11 Å². The van der Waals surface area contributed by atoms with Crippen molar-refractivity contribution in [1.29, 1.82) is 0 Å². The van der Waals surface area contributed by atoms with E-state index in [0.29, 0.717) is 18.1 Å². The standard InChI is InChI=1S/C11H21N3O2/c1-4-9(12)7-10-13-11(16-14-10)6-5-8(2)15-3/h8-9H,4-7,12H2,1-3H3. The topological polar surface area (TPSA) is 74.2 Å². The maximum Gasteiger partial charge on any atom is 0.226 e. The van der Waals surface area contributed by atoms with Gasteiger partial charge in [-0.25, -0.2) is 0 Å². The highest BCUT2D eigenvalue weighted by molar-refractivity contribution is 4.89. The molecule has 1 heterocycles. The van der Waals surface area contributed by atoms with Gasteiger partial charge in [-0.1, -0.05) is 12.1 Å². The highest BCUT2D eigenvalue weighted by atomic mass is 16.5. The Morgan fingerprint density at radius 3 is 2.88 bits per heavy atom. The molecular formula is C11H21N3O2. The van der Waals surface area contributed by atoms with Crippen molar-refractivity contribution in [2.24, 2.45) is 5.73 Å². The van der Waals surface area contributed by atoms with Crippen LogP contribution in [0.5, 0.6) is 0 Å². The molecule has 0 bridgehead atoms. The van der Waals surface area contributed by atoms with Crippen molar-refractivity contribution in [2.75, 3.05) is 7.11 Å². The average Bonchev–Trinajstić information content (AvgIpc) is 2.73. The van der Waals surface area contributed by atoms with Crippen LogP contribution >= 0.6 is 0 Å². The van der Waals surface area contributed by atoms with Crippen LogP contribution in [-0.4, -0.2) is 29.4 Å². The second-order valence-electron chi connectivity index (χ2n) is 4.06. The van der Waals surface area contributed by atoms with Crippen molar-refractivity contribution in [3.8, 4) is 0 Å². The van der Waals surface area contributed by atoms with Crippen LogP contribution in [-0.2, 0) is 17.6 Å². The van der Waals surface area contributed by atoms with E-state index in [0.717, 1.165) is 19.3 Å². The van der Waals surface area contributed by atoms with E-state index in [4.69, 9.17) is 15.0 Å². The molecule has 0 aliphatic rings. The second kappa shape index (κ2) is 6.60. The normalized spacial score (nSPS) is 15.0. The van der Waals surface area contributed by atoms with Crippen LogP contribution in [0.1, 0.15) is 38.4 Å². The number of methoxy groups -OCH3 is 1. The van der Waals surface area contributed by atoms with Gasteiger partial charge in [0.25, 0.3) is 0 Å². The lowest BCUT2D eigenvalue weighted by atomic mass is 10.1. The molecule has 1 rings (SSSR count). The molecule has 0 saturated carbocycles. The van der Waals surface area contributed by atoms with Gasteiger partial charge in [0, 0.05) is 26.0 Å². The van der Waals surface area contributed by atoms with Gasteiger partial charge in [0.05, 0.1) is 6.10 Å². The number of rotatable bonds is 7. The van der Waals surface area contributed by atoms with E-state index < -0.39 is 0 Å². The van der Waals surface area contributed by atoms with E-state index in [9.17, 15) is 0 Å². The summed E-state index contributed by atoms with van der Waals surface area (Å²) < 4.78 is 10.3. The maximum absolute atomic E-state index is 5.82. The van der Waals surface area contributed by atoms with Crippen molar-refractivity contribution in [3.05, 3.63) is 11.7 Å². The second-order valence-corrected chi connectivity index (χ2v) is 4.06. The monoisotopic (exact) mass is 227 g/mol. The van der Waals surface area contributed by atoms with Crippen LogP contribution in [0, 0.1) is 0 Å². The van der Waals surface area contributed by atoms with E-state index in [-0.39, 0.29) is 12.1 Å². The fourth-order valence-corrected chi connectivity index (χ4v) is 1.30. The molecule has 0 aliphatic carbocycles. The van der Waals surface area contributed by atoms with Crippen molar-refractivity contribution in [2.45, 2.75) is 51.7 Å². The summed E-state index contributed by atoms with van der Waals surface area (Å²) >= 11 is 0. The van der Waals surface area contributed by atoms with Crippen molar-refractivity contribution in [3.63, 3.8) is 0 Å². The third-order valence-corrected chi connectivity index (χ3v) is 2.65. The van der Waals surface area contributed by atoms with Gasteiger partial charge in [-0.05, 0) is 19.8 Å². The largest absolute Gasteiger partial charge is 0.382 e. The fraction of sp³-hybridized carbons (Fsp3) is 0.818. The lowest BCUT2D eigenvalue weighted by molar-refractivity contribution is 0.109.